The fourth-order valence-electron chi connectivity index (χ4n) is 3.43. The standard InChI is InChI=1S/C20H19N3O3S/c1-13-9-14-7-8-16(20-21-12-26-22-20)11-18(14)19(13)15-5-4-6-17(10-15)27(24,25)23(2)3/h4-8,10-12H,9H2,1-3H3. The Labute approximate surface area is 158 Å². The predicted molar refractivity (Wildman–Crippen MR) is 102 cm³/mol. The Bertz CT molecular complexity index is 1150. The van der Waals surface area contributed by atoms with E-state index in [1.54, 1.807) is 18.2 Å². The summed E-state index contributed by atoms with van der Waals surface area (Å²) in [6.45, 7) is 2.08. The highest BCUT2D eigenvalue weighted by atomic mass is 32.2. The number of nitrogens with zero attached hydrogens (tertiary/aromatic N) is 3. The van der Waals surface area contributed by atoms with Gasteiger partial charge in [0.15, 0.2) is 0 Å². The minimum atomic E-state index is -3.49. The highest BCUT2D eigenvalue weighted by Crippen LogP contribution is 2.39. The van der Waals surface area contributed by atoms with Gasteiger partial charge in [0.1, 0.15) is 0 Å². The van der Waals surface area contributed by atoms with E-state index >= 15 is 0 Å². The monoisotopic (exact) mass is 381 g/mol. The van der Waals surface area contributed by atoms with Crippen LogP contribution in [0.2, 0.25) is 0 Å². The zero-order valence-electron chi connectivity index (χ0n) is 15.3. The van der Waals surface area contributed by atoms with Gasteiger partial charge in [-0.15, -0.1) is 0 Å². The summed E-state index contributed by atoms with van der Waals surface area (Å²) in [5.74, 6) is 0.533. The number of sulfonamides is 1. The van der Waals surface area contributed by atoms with Crippen molar-refractivity contribution in [2.45, 2.75) is 18.2 Å². The molecule has 0 spiro atoms. The molecule has 1 heterocycles. The summed E-state index contributed by atoms with van der Waals surface area (Å²) in [6.07, 6.45) is 2.14. The summed E-state index contributed by atoms with van der Waals surface area (Å²) in [5, 5.41) is 3.91. The van der Waals surface area contributed by atoms with Crippen molar-refractivity contribution in [1.29, 1.82) is 0 Å². The van der Waals surface area contributed by atoms with E-state index in [9.17, 15) is 8.42 Å². The van der Waals surface area contributed by atoms with Gasteiger partial charge in [-0.2, -0.15) is 4.98 Å². The van der Waals surface area contributed by atoms with Crippen LogP contribution in [0.5, 0.6) is 0 Å². The van der Waals surface area contributed by atoms with Gasteiger partial charge in [0.2, 0.25) is 22.2 Å². The lowest BCUT2D eigenvalue weighted by Gasteiger charge is -2.14. The topological polar surface area (TPSA) is 76.3 Å². The molecule has 1 aromatic heterocycles. The molecule has 0 bridgehead atoms. The Kier molecular flexibility index (Phi) is 4.20. The Morgan fingerprint density at radius 1 is 1.07 bits per heavy atom. The maximum absolute atomic E-state index is 12.5. The highest BCUT2D eigenvalue weighted by Gasteiger charge is 2.24. The molecule has 0 N–H and O–H groups in total. The van der Waals surface area contributed by atoms with Crippen LogP contribution < -0.4 is 0 Å². The first-order valence-corrected chi connectivity index (χ1v) is 9.94. The average Bonchev–Trinajstić information content (AvgIpc) is 3.28. The first-order valence-electron chi connectivity index (χ1n) is 8.50. The van der Waals surface area contributed by atoms with Crippen molar-refractivity contribution in [3.63, 3.8) is 0 Å². The van der Waals surface area contributed by atoms with E-state index < -0.39 is 10.0 Å². The average molecular weight is 381 g/mol. The molecule has 1 aliphatic rings. The summed E-state index contributed by atoms with van der Waals surface area (Å²) < 4.78 is 31.1. The van der Waals surface area contributed by atoms with Crippen LogP contribution in [-0.2, 0) is 16.4 Å². The van der Waals surface area contributed by atoms with Crippen molar-refractivity contribution in [1.82, 2.24) is 14.4 Å². The lowest BCUT2D eigenvalue weighted by Crippen LogP contribution is -2.22. The van der Waals surface area contributed by atoms with Crippen molar-refractivity contribution in [3.05, 3.63) is 71.1 Å². The Morgan fingerprint density at radius 2 is 1.89 bits per heavy atom. The lowest BCUT2D eigenvalue weighted by molar-refractivity contribution is 0.419. The molecule has 4 rings (SSSR count). The van der Waals surface area contributed by atoms with Crippen molar-refractivity contribution >= 4 is 15.6 Å². The summed E-state index contributed by atoms with van der Waals surface area (Å²) >= 11 is 0. The molecule has 0 aliphatic heterocycles. The summed E-state index contributed by atoms with van der Waals surface area (Å²) in [5.41, 5.74) is 6.30. The molecule has 6 nitrogen and oxygen atoms in total. The van der Waals surface area contributed by atoms with E-state index in [4.69, 9.17) is 4.52 Å². The van der Waals surface area contributed by atoms with Crippen LogP contribution in [0.3, 0.4) is 0 Å². The molecule has 0 fully saturated rings. The van der Waals surface area contributed by atoms with Crippen molar-refractivity contribution in [2.75, 3.05) is 14.1 Å². The van der Waals surface area contributed by atoms with Crippen LogP contribution >= 0.6 is 0 Å². The van der Waals surface area contributed by atoms with Crippen LogP contribution in [0, 0.1) is 0 Å². The van der Waals surface area contributed by atoms with Crippen LogP contribution in [0.15, 0.2) is 63.8 Å². The van der Waals surface area contributed by atoms with Gasteiger partial charge in [-0.25, -0.2) is 12.7 Å². The maximum atomic E-state index is 12.5. The molecular weight excluding hydrogens is 362 g/mol. The molecule has 27 heavy (non-hydrogen) atoms. The third-order valence-electron chi connectivity index (χ3n) is 4.78. The molecule has 0 radical (unpaired) electrons. The summed E-state index contributed by atoms with van der Waals surface area (Å²) in [6, 6.07) is 13.2. The van der Waals surface area contributed by atoms with E-state index in [0.717, 1.165) is 28.7 Å². The molecule has 138 valence electrons. The Morgan fingerprint density at radius 3 is 2.59 bits per heavy atom. The maximum Gasteiger partial charge on any atom is 0.242 e. The first-order chi connectivity index (χ1) is 12.9. The fraction of sp³-hybridized carbons (Fsp3) is 0.200. The van der Waals surface area contributed by atoms with Gasteiger partial charge in [-0.05, 0) is 53.8 Å². The molecule has 0 unspecified atom stereocenters. The van der Waals surface area contributed by atoms with Gasteiger partial charge < -0.3 is 4.52 Å². The summed E-state index contributed by atoms with van der Waals surface area (Å²) in [7, 11) is -0.416. The third-order valence-corrected chi connectivity index (χ3v) is 6.59. The number of rotatable bonds is 4. The molecule has 0 amide bonds. The molecule has 7 heteroatoms. The summed E-state index contributed by atoms with van der Waals surface area (Å²) in [4.78, 5) is 4.40. The van der Waals surface area contributed by atoms with E-state index in [2.05, 4.69) is 23.1 Å². The SMILES string of the molecule is CC1=C(c2cccc(S(=O)(=O)N(C)C)c2)c2cc(-c3ncon3)ccc2C1. The Hall–Kier alpha value is -2.77. The predicted octanol–water partition coefficient (Wildman–Crippen LogP) is 3.36. The second-order valence-electron chi connectivity index (χ2n) is 6.77. The van der Waals surface area contributed by atoms with Gasteiger partial charge >= 0.3 is 0 Å². The number of fused-ring (bicyclic) bond motifs is 1. The van der Waals surface area contributed by atoms with Gasteiger partial charge in [-0.1, -0.05) is 35.0 Å². The smallest absolute Gasteiger partial charge is 0.242 e. The minimum absolute atomic E-state index is 0.285. The lowest BCUT2D eigenvalue weighted by atomic mass is 9.96. The quantitative estimate of drug-likeness (QED) is 0.693. The van der Waals surface area contributed by atoms with Gasteiger partial charge in [0.05, 0.1) is 4.90 Å². The first kappa shape index (κ1) is 17.6. The number of benzene rings is 2. The highest BCUT2D eigenvalue weighted by molar-refractivity contribution is 7.89. The number of allylic oxidation sites excluding steroid dienone is 1. The van der Waals surface area contributed by atoms with E-state index in [-0.39, 0.29) is 4.90 Å². The van der Waals surface area contributed by atoms with Gasteiger partial charge in [0, 0.05) is 19.7 Å². The molecular formula is C20H19N3O3S. The minimum Gasteiger partial charge on any atom is -0.342 e. The van der Waals surface area contributed by atoms with Crippen LogP contribution in [0.25, 0.3) is 17.0 Å². The molecule has 0 atom stereocenters. The van der Waals surface area contributed by atoms with Crippen LogP contribution in [0.1, 0.15) is 23.6 Å². The molecule has 0 saturated heterocycles. The zero-order valence-corrected chi connectivity index (χ0v) is 16.1. The second kappa shape index (κ2) is 6.44. The number of hydrogen-bond donors (Lipinski definition) is 0. The fourth-order valence-corrected chi connectivity index (χ4v) is 4.38. The van der Waals surface area contributed by atoms with E-state index in [1.807, 2.05) is 18.2 Å². The number of aromatic nitrogens is 2. The number of hydrogen-bond acceptors (Lipinski definition) is 5. The van der Waals surface area contributed by atoms with Crippen molar-refractivity contribution < 1.29 is 12.9 Å². The largest absolute Gasteiger partial charge is 0.342 e. The second-order valence-corrected chi connectivity index (χ2v) is 8.93. The third kappa shape index (κ3) is 2.98. The molecule has 2 aromatic carbocycles. The van der Waals surface area contributed by atoms with Crippen molar-refractivity contribution in [2.24, 2.45) is 0 Å². The zero-order chi connectivity index (χ0) is 19.2. The molecule has 3 aromatic rings. The van der Waals surface area contributed by atoms with Gasteiger partial charge in [0.25, 0.3) is 0 Å². The van der Waals surface area contributed by atoms with Gasteiger partial charge in [-0.3, -0.25) is 0 Å². The van der Waals surface area contributed by atoms with Crippen LogP contribution in [0.4, 0.5) is 0 Å². The normalized spacial score (nSPS) is 14.1. The van der Waals surface area contributed by atoms with E-state index in [1.165, 1.54) is 35.9 Å². The Balaban J connectivity index is 1.83. The molecule has 0 saturated carbocycles. The van der Waals surface area contributed by atoms with Crippen LogP contribution in [-0.4, -0.2) is 37.0 Å². The molecule has 1 aliphatic carbocycles. The van der Waals surface area contributed by atoms with Crippen molar-refractivity contribution in [3.8, 4) is 11.4 Å². The van der Waals surface area contributed by atoms with E-state index in [0.29, 0.717) is 5.82 Å².